The lowest BCUT2D eigenvalue weighted by Crippen LogP contribution is -2.37. The van der Waals surface area contributed by atoms with Crippen LogP contribution in [0.5, 0.6) is 5.75 Å². The van der Waals surface area contributed by atoms with Gasteiger partial charge in [-0.05, 0) is 31.2 Å². The minimum atomic E-state index is -0.979. The largest absolute Gasteiger partial charge is 0.497 e. The Morgan fingerprint density at radius 3 is 2.41 bits per heavy atom. The summed E-state index contributed by atoms with van der Waals surface area (Å²) in [6.07, 6.45) is 0. The first-order chi connectivity index (χ1) is 8.04. The van der Waals surface area contributed by atoms with E-state index in [4.69, 9.17) is 9.84 Å². The van der Waals surface area contributed by atoms with E-state index in [0.29, 0.717) is 11.3 Å². The van der Waals surface area contributed by atoms with E-state index in [1.165, 1.54) is 6.92 Å². The quantitative estimate of drug-likeness (QED) is 0.720. The van der Waals surface area contributed by atoms with E-state index >= 15 is 0 Å². The van der Waals surface area contributed by atoms with Gasteiger partial charge in [0.25, 0.3) is 0 Å². The van der Waals surface area contributed by atoms with Gasteiger partial charge in [-0.15, -0.1) is 0 Å². The lowest BCUT2D eigenvalue weighted by atomic mass is 10.1. The number of carbonyl (C=O) groups is 2. The zero-order chi connectivity index (χ0) is 12.8. The Hall–Kier alpha value is -1.88. The van der Waals surface area contributed by atoms with Crippen molar-refractivity contribution in [2.24, 2.45) is 0 Å². The van der Waals surface area contributed by atoms with Crippen molar-refractivity contribution in [3.63, 3.8) is 0 Å². The Morgan fingerprint density at radius 1 is 1.35 bits per heavy atom. The van der Waals surface area contributed by atoms with Crippen LogP contribution in [0.1, 0.15) is 17.3 Å². The number of carboxylic acid groups (broad SMARTS) is 1. The van der Waals surface area contributed by atoms with Crippen LogP contribution in [0, 0.1) is 0 Å². The number of rotatable bonds is 6. The van der Waals surface area contributed by atoms with Crippen LogP contribution in [0.2, 0.25) is 0 Å². The maximum atomic E-state index is 11.7. The molecule has 0 fully saturated rings. The van der Waals surface area contributed by atoms with Crippen molar-refractivity contribution in [1.82, 2.24) is 5.32 Å². The highest BCUT2D eigenvalue weighted by Crippen LogP contribution is 2.11. The van der Waals surface area contributed by atoms with Crippen LogP contribution >= 0.6 is 0 Å². The molecule has 17 heavy (non-hydrogen) atoms. The van der Waals surface area contributed by atoms with E-state index in [-0.39, 0.29) is 12.3 Å². The van der Waals surface area contributed by atoms with E-state index in [2.05, 4.69) is 5.32 Å². The molecular formula is C12H15NO4. The lowest BCUT2D eigenvalue weighted by Gasteiger charge is -2.08. The summed E-state index contributed by atoms with van der Waals surface area (Å²) in [6.45, 7) is 1.49. The number of Topliss-reactive ketones (excluding diaryl/α,β-unsaturated/α-hetero) is 1. The number of aliphatic carboxylic acids is 1. The van der Waals surface area contributed by atoms with Gasteiger partial charge >= 0.3 is 5.97 Å². The zero-order valence-electron chi connectivity index (χ0n) is 9.77. The summed E-state index contributed by atoms with van der Waals surface area (Å²) in [7, 11) is 1.55. The minimum absolute atomic E-state index is 0.000203. The van der Waals surface area contributed by atoms with Crippen LogP contribution in [-0.2, 0) is 4.79 Å². The first kappa shape index (κ1) is 13.2. The topological polar surface area (TPSA) is 75.6 Å². The van der Waals surface area contributed by atoms with Gasteiger partial charge in [-0.2, -0.15) is 0 Å². The van der Waals surface area contributed by atoms with E-state index in [1.54, 1.807) is 31.4 Å². The van der Waals surface area contributed by atoms with Crippen molar-refractivity contribution in [3.05, 3.63) is 29.8 Å². The molecule has 0 heterocycles. The van der Waals surface area contributed by atoms with Crippen molar-refractivity contribution < 1.29 is 19.4 Å². The number of methoxy groups -OCH3 is 1. The standard InChI is InChI=1S/C12H15NO4/c1-8(12(15)16)13-7-11(14)9-3-5-10(17-2)6-4-9/h3-6,8,13H,7H2,1-2H3,(H,15,16). The van der Waals surface area contributed by atoms with E-state index in [9.17, 15) is 9.59 Å². The summed E-state index contributed by atoms with van der Waals surface area (Å²) in [5.74, 6) is -0.457. The maximum Gasteiger partial charge on any atom is 0.320 e. The van der Waals surface area contributed by atoms with Crippen molar-refractivity contribution in [3.8, 4) is 5.75 Å². The number of benzene rings is 1. The summed E-state index contributed by atoms with van der Waals surface area (Å²) in [5.41, 5.74) is 0.524. The summed E-state index contributed by atoms with van der Waals surface area (Å²) < 4.78 is 4.97. The zero-order valence-corrected chi connectivity index (χ0v) is 9.77. The SMILES string of the molecule is COc1ccc(C(=O)CNC(C)C(=O)O)cc1. The fourth-order valence-electron chi connectivity index (χ4n) is 1.21. The summed E-state index contributed by atoms with van der Waals surface area (Å²) >= 11 is 0. The van der Waals surface area contributed by atoms with E-state index in [0.717, 1.165) is 0 Å². The normalized spacial score (nSPS) is 11.9. The van der Waals surface area contributed by atoms with Gasteiger partial charge in [0.15, 0.2) is 5.78 Å². The van der Waals surface area contributed by atoms with Gasteiger partial charge in [0, 0.05) is 5.56 Å². The smallest absolute Gasteiger partial charge is 0.320 e. The third-order valence-electron chi connectivity index (χ3n) is 2.35. The van der Waals surface area contributed by atoms with E-state index in [1.807, 2.05) is 0 Å². The second-order valence-electron chi connectivity index (χ2n) is 3.59. The predicted molar refractivity (Wildman–Crippen MR) is 62.4 cm³/mol. The van der Waals surface area contributed by atoms with Gasteiger partial charge < -0.3 is 9.84 Å². The van der Waals surface area contributed by atoms with Crippen LogP contribution in [0.15, 0.2) is 24.3 Å². The van der Waals surface area contributed by atoms with E-state index < -0.39 is 12.0 Å². The molecule has 0 spiro atoms. The molecule has 1 aromatic carbocycles. The summed E-state index contributed by atoms with van der Waals surface area (Å²) in [6, 6.07) is 5.93. The molecule has 0 saturated heterocycles. The van der Waals surface area contributed by atoms with Crippen molar-refractivity contribution in [1.29, 1.82) is 0 Å². The maximum absolute atomic E-state index is 11.7. The minimum Gasteiger partial charge on any atom is -0.497 e. The molecule has 5 heteroatoms. The molecule has 5 nitrogen and oxygen atoms in total. The summed E-state index contributed by atoms with van der Waals surface area (Å²) in [4.78, 5) is 22.2. The molecule has 0 aliphatic heterocycles. The number of hydrogen-bond donors (Lipinski definition) is 2. The van der Waals surface area contributed by atoms with Crippen LogP contribution in [0.25, 0.3) is 0 Å². The molecule has 0 bridgehead atoms. The monoisotopic (exact) mass is 237 g/mol. The predicted octanol–water partition coefficient (Wildman–Crippen LogP) is 0.941. The molecule has 0 aromatic heterocycles. The molecule has 0 aliphatic rings. The van der Waals surface area contributed by atoms with Crippen molar-refractivity contribution in [2.45, 2.75) is 13.0 Å². The lowest BCUT2D eigenvalue weighted by molar-refractivity contribution is -0.138. The second kappa shape index (κ2) is 6.00. The Balaban J connectivity index is 2.55. The second-order valence-corrected chi connectivity index (χ2v) is 3.59. The molecule has 0 amide bonds. The Bertz CT molecular complexity index is 399. The Kier molecular flexibility index (Phi) is 4.66. The molecule has 0 radical (unpaired) electrons. The van der Waals surface area contributed by atoms with Crippen molar-refractivity contribution >= 4 is 11.8 Å². The van der Waals surface area contributed by atoms with Gasteiger partial charge in [0.1, 0.15) is 11.8 Å². The fraction of sp³-hybridized carbons (Fsp3) is 0.333. The number of hydrogen-bond acceptors (Lipinski definition) is 4. The molecular weight excluding hydrogens is 222 g/mol. The number of ketones is 1. The molecule has 0 aliphatic carbocycles. The van der Waals surface area contributed by atoms with Gasteiger partial charge in [-0.25, -0.2) is 0 Å². The third kappa shape index (κ3) is 3.88. The summed E-state index contributed by atoms with van der Waals surface area (Å²) in [5, 5.41) is 11.3. The molecule has 1 aromatic rings. The fourth-order valence-corrected chi connectivity index (χ4v) is 1.21. The van der Waals surface area contributed by atoms with Gasteiger partial charge in [-0.1, -0.05) is 0 Å². The van der Waals surface area contributed by atoms with Crippen LogP contribution in [0.4, 0.5) is 0 Å². The Labute approximate surface area is 99.4 Å². The highest BCUT2D eigenvalue weighted by Gasteiger charge is 2.12. The first-order valence-electron chi connectivity index (χ1n) is 5.18. The number of carbonyl (C=O) groups excluding carboxylic acids is 1. The highest BCUT2D eigenvalue weighted by molar-refractivity contribution is 5.97. The molecule has 92 valence electrons. The van der Waals surface area contributed by atoms with Crippen LogP contribution in [-0.4, -0.2) is 36.6 Å². The van der Waals surface area contributed by atoms with Gasteiger partial charge in [0.05, 0.1) is 13.7 Å². The Morgan fingerprint density at radius 2 is 1.94 bits per heavy atom. The number of nitrogens with one attached hydrogen (secondary N) is 1. The average molecular weight is 237 g/mol. The highest BCUT2D eigenvalue weighted by atomic mass is 16.5. The van der Waals surface area contributed by atoms with Crippen molar-refractivity contribution in [2.75, 3.05) is 13.7 Å². The van der Waals surface area contributed by atoms with Crippen LogP contribution < -0.4 is 10.1 Å². The molecule has 1 unspecified atom stereocenters. The molecule has 0 saturated carbocycles. The average Bonchev–Trinajstić information content (AvgIpc) is 2.35. The first-order valence-corrected chi connectivity index (χ1v) is 5.18. The number of ether oxygens (including phenoxy) is 1. The number of carboxylic acids is 1. The van der Waals surface area contributed by atoms with Gasteiger partial charge in [-0.3, -0.25) is 14.9 Å². The van der Waals surface area contributed by atoms with Gasteiger partial charge in [0.2, 0.25) is 0 Å². The van der Waals surface area contributed by atoms with Crippen LogP contribution in [0.3, 0.4) is 0 Å². The third-order valence-corrected chi connectivity index (χ3v) is 2.35. The molecule has 1 atom stereocenters. The molecule has 1 rings (SSSR count). The molecule has 2 N–H and O–H groups in total.